The fraction of sp³-hybridized carbons (Fsp3) is 0.538. The van der Waals surface area contributed by atoms with Gasteiger partial charge in [0.1, 0.15) is 6.54 Å². The summed E-state index contributed by atoms with van der Waals surface area (Å²) in [6.45, 7) is 3.77. The van der Waals surface area contributed by atoms with Gasteiger partial charge in [-0.2, -0.15) is 13.2 Å². The summed E-state index contributed by atoms with van der Waals surface area (Å²) < 4.78 is 37.0. The third-order valence-corrected chi connectivity index (χ3v) is 3.11. The molecule has 0 aliphatic carbocycles. The number of rotatable bonds is 5. The number of hydrogen-bond acceptors (Lipinski definition) is 2. The maximum Gasteiger partial charge on any atom is 0.405 e. The molecule has 1 N–H and O–H groups in total. The molecule has 0 saturated heterocycles. The van der Waals surface area contributed by atoms with E-state index in [0.29, 0.717) is 10.7 Å². The Balaban J connectivity index is 2.88. The van der Waals surface area contributed by atoms with Crippen molar-refractivity contribution >= 4 is 17.3 Å². The Morgan fingerprint density at radius 3 is 2.47 bits per heavy atom. The zero-order valence-electron chi connectivity index (χ0n) is 11.2. The molecule has 108 valence electrons. The summed E-state index contributed by atoms with van der Waals surface area (Å²) in [6, 6.07) is 5.24. The van der Waals surface area contributed by atoms with Gasteiger partial charge in [0.25, 0.3) is 0 Å². The summed E-state index contributed by atoms with van der Waals surface area (Å²) >= 11 is 6.06. The van der Waals surface area contributed by atoms with E-state index in [-0.39, 0.29) is 6.04 Å². The molecule has 0 saturated carbocycles. The average Bonchev–Trinajstić information content (AvgIpc) is 2.26. The van der Waals surface area contributed by atoms with Crippen molar-refractivity contribution in [1.29, 1.82) is 0 Å². The molecule has 0 aliphatic rings. The predicted octanol–water partition coefficient (Wildman–Crippen LogP) is 4.01. The van der Waals surface area contributed by atoms with Gasteiger partial charge in [0.2, 0.25) is 0 Å². The SMILES string of the molecule is CCNC(C)c1ccc(N(C)CC(F)(F)F)c(Cl)c1. The smallest absolute Gasteiger partial charge is 0.365 e. The molecule has 1 aromatic rings. The molecule has 0 heterocycles. The molecule has 0 fully saturated rings. The van der Waals surface area contributed by atoms with Crippen LogP contribution in [0.25, 0.3) is 0 Å². The first-order chi connectivity index (χ1) is 8.74. The minimum absolute atomic E-state index is 0.115. The van der Waals surface area contributed by atoms with Crippen LogP contribution in [0, 0.1) is 0 Å². The Hall–Kier alpha value is -0.940. The Kier molecular flexibility index (Phi) is 5.50. The first-order valence-corrected chi connectivity index (χ1v) is 6.43. The molecule has 1 aromatic carbocycles. The average molecular weight is 295 g/mol. The van der Waals surface area contributed by atoms with Gasteiger partial charge in [0, 0.05) is 13.1 Å². The van der Waals surface area contributed by atoms with E-state index in [1.54, 1.807) is 18.2 Å². The lowest BCUT2D eigenvalue weighted by Gasteiger charge is -2.23. The quantitative estimate of drug-likeness (QED) is 0.883. The number of anilines is 1. The van der Waals surface area contributed by atoms with Crippen LogP contribution < -0.4 is 10.2 Å². The van der Waals surface area contributed by atoms with Crippen molar-refractivity contribution in [2.75, 3.05) is 25.0 Å². The maximum atomic E-state index is 12.3. The summed E-state index contributed by atoms with van der Waals surface area (Å²) in [5, 5.41) is 3.55. The fourth-order valence-electron chi connectivity index (χ4n) is 1.88. The van der Waals surface area contributed by atoms with E-state index in [1.165, 1.54) is 7.05 Å². The van der Waals surface area contributed by atoms with Crippen LogP contribution in [0.5, 0.6) is 0 Å². The minimum Gasteiger partial charge on any atom is -0.365 e. The third-order valence-electron chi connectivity index (χ3n) is 2.81. The van der Waals surface area contributed by atoms with Crippen LogP contribution in [0.3, 0.4) is 0 Å². The molecular formula is C13H18ClF3N2. The lowest BCUT2D eigenvalue weighted by Crippen LogP contribution is -2.31. The van der Waals surface area contributed by atoms with Gasteiger partial charge in [-0.05, 0) is 31.2 Å². The number of halogens is 4. The van der Waals surface area contributed by atoms with Crippen LogP contribution >= 0.6 is 11.6 Å². The molecule has 19 heavy (non-hydrogen) atoms. The Morgan fingerprint density at radius 2 is 2.00 bits per heavy atom. The second-order valence-corrected chi connectivity index (χ2v) is 4.87. The normalized spacial score (nSPS) is 13.4. The second-order valence-electron chi connectivity index (χ2n) is 4.46. The van der Waals surface area contributed by atoms with Crippen LogP contribution in [0.2, 0.25) is 5.02 Å². The van der Waals surface area contributed by atoms with Gasteiger partial charge in [-0.15, -0.1) is 0 Å². The highest BCUT2D eigenvalue weighted by molar-refractivity contribution is 6.33. The minimum atomic E-state index is -4.24. The fourth-order valence-corrected chi connectivity index (χ4v) is 2.21. The summed E-state index contributed by atoms with van der Waals surface area (Å²) in [4.78, 5) is 1.10. The van der Waals surface area contributed by atoms with Gasteiger partial charge in [-0.3, -0.25) is 0 Å². The van der Waals surface area contributed by atoms with Crippen molar-refractivity contribution in [3.63, 3.8) is 0 Å². The summed E-state index contributed by atoms with van der Waals surface area (Å²) in [6.07, 6.45) is -4.24. The molecule has 0 spiro atoms. The van der Waals surface area contributed by atoms with Crippen LogP contribution in [-0.4, -0.2) is 26.3 Å². The first kappa shape index (κ1) is 16.1. The van der Waals surface area contributed by atoms with Crippen LogP contribution in [0.1, 0.15) is 25.5 Å². The highest BCUT2D eigenvalue weighted by atomic mass is 35.5. The van der Waals surface area contributed by atoms with Gasteiger partial charge in [-0.25, -0.2) is 0 Å². The highest BCUT2D eigenvalue weighted by Gasteiger charge is 2.30. The molecule has 0 aliphatic heterocycles. The zero-order chi connectivity index (χ0) is 14.6. The van der Waals surface area contributed by atoms with Crippen molar-refractivity contribution in [1.82, 2.24) is 5.32 Å². The van der Waals surface area contributed by atoms with E-state index in [1.807, 2.05) is 13.8 Å². The number of alkyl halides is 3. The van der Waals surface area contributed by atoms with Crippen LogP contribution in [0.15, 0.2) is 18.2 Å². The van der Waals surface area contributed by atoms with E-state index in [0.717, 1.165) is 17.0 Å². The number of benzene rings is 1. The molecule has 0 amide bonds. The van der Waals surface area contributed by atoms with Crippen LogP contribution in [-0.2, 0) is 0 Å². The Morgan fingerprint density at radius 1 is 1.37 bits per heavy atom. The van der Waals surface area contributed by atoms with Crippen molar-refractivity contribution < 1.29 is 13.2 Å². The lowest BCUT2D eigenvalue weighted by molar-refractivity contribution is -0.119. The number of nitrogens with zero attached hydrogens (tertiary/aromatic N) is 1. The summed E-state index contributed by atoms with van der Waals surface area (Å²) in [5.74, 6) is 0. The number of hydrogen-bond donors (Lipinski definition) is 1. The van der Waals surface area contributed by atoms with Gasteiger partial charge < -0.3 is 10.2 Å². The van der Waals surface area contributed by atoms with E-state index in [9.17, 15) is 13.2 Å². The van der Waals surface area contributed by atoms with E-state index in [4.69, 9.17) is 11.6 Å². The van der Waals surface area contributed by atoms with E-state index >= 15 is 0 Å². The molecule has 1 atom stereocenters. The summed E-state index contributed by atoms with van der Waals surface area (Å²) in [5.41, 5.74) is 1.34. The first-order valence-electron chi connectivity index (χ1n) is 6.05. The Bertz CT molecular complexity index is 421. The zero-order valence-corrected chi connectivity index (χ0v) is 11.9. The predicted molar refractivity (Wildman–Crippen MR) is 72.9 cm³/mol. The largest absolute Gasteiger partial charge is 0.405 e. The molecule has 1 rings (SSSR count). The molecule has 2 nitrogen and oxygen atoms in total. The lowest BCUT2D eigenvalue weighted by atomic mass is 10.1. The maximum absolute atomic E-state index is 12.3. The monoisotopic (exact) mass is 294 g/mol. The second kappa shape index (κ2) is 6.48. The third kappa shape index (κ3) is 4.91. The van der Waals surface area contributed by atoms with Crippen molar-refractivity contribution in [2.45, 2.75) is 26.1 Å². The van der Waals surface area contributed by atoms with E-state index < -0.39 is 12.7 Å². The highest BCUT2D eigenvalue weighted by Crippen LogP contribution is 2.30. The van der Waals surface area contributed by atoms with Gasteiger partial charge in [0.15, 0.2) is 0 Å². The van der Waals surface area contributed by atoms with Gasteiger partial charge in [-0.1, -0.05) is 24.6 Å². The van der Waals surface area contributed by atoms with Crippen molar-refractivity contribution in [3.05, 3.63) is 28.8 Å². The topological polar surface area (TPSA) is 15.3 Å². The molecule has 1 unspecified atom stereocenters. The molecule has 6 heteroatoms. The van der Waals surface area contributed by atoms with Gasteiger partial charge >= 0.3 is 6.18 Å². The molecule has 0 aromatic heterocycles. The van der Waals surface area contributed by atoms with Crippen LogP contribution in [0.4, 0.5) is 18.9 Å². The standard InChI is InChI=1S/C13H18ClF3N2/c1-4-18-9(2)10-5-6-12(11(14)7-10)19(3)8-13(15,16)17/h5-7,9,18H,4,8H2,1-3H3. The van der Waals surface area contributed by atoms with Crippen molar-refractivity contribution in [2.24, 2.45) is 0 Å². The molecule has 0 radical (unpaired) electrons. The van der Waals surface area contributed by atoms with E-state index in [2.05, 4.69) is 5.32 Å². The molecular weight excluding hydrogens is 277 g/mol. The van der Waals surface area contributed by atoms with Crippen molar-refractivity contribution in [3.8, 4) is 0 Å². The van der Waals surface area contributed by atoms with Gasteiger partial charge in [0.05, 0.1) is 10.7 Å². The summed E-state index contributed by atoms with van der Waals surface area (Å²) in [7, 11) is 1.38. The number of nitrogens with one attached hydrogen (secondary N) is 1. The molecule has 0 bridgehead atoms. The Labute approximate surface area is 116 Å².